The summed E-state index contributed by atoms with van der Waals surface area (Å²) in [4.78, 5) is 11.0. The van der Waals surface area contributed by atoms with Gasteiger partial charge >= 0.3 is 0 Å². The Morgan fingerprint density at radius 1 is 1.21 bits per heavy atom. The standard InChI is InChI=1S/C15H18N6O3/c1-21-7-6-16-9-10(21)14-17-12(23-19-14)4-5-13-18-15(20-24-13)11-3-2-8-22-11/h2-3,8,10,16H,4-7,9H2,1H3. The van der Waals surface area contributed by atoms with E-state index >= 15 is 0 Å². The van der Waals surface area contributed by atoms with Crippen LogP contribution in [0.3, 0.4) is 0 Å². The van der Waals surface area contributed by atoms with Crippen molar-refractivity contribution in [3.63, 3.8) is 0 Å². The summed E-state index contributed by atoms with van der Waals surface area (Å²) in [5, 5.41) is 11.3. The Labute approximate surface area is 138 Å². The van der Waals surface area contributed by atoms with E-state index in [0.717, 1.165) is 19.6 Å². The van der Waals surface area contributed by atoms with Crippen molar-refractivity contribution in [2.45, 2.75) is 18.9 Å². The highest BCUT2D eigenvalue weighted by molar-refractivity contribution is 5.44. The van der Waals surface area contributed by atoms with E-state index in [9.17, 15) is 0 Å². The van der Waals surface area contributed by atoms with Crippen LogP contribution >= 0.6 is 0 Å². The predicted molar refractivity (Wildman–Crippen MR) is 81.9 cm³/mol. The normalized spacial score (nSPS) is 19.0. The largest absolute Gasteiger partial charge is 0.461 e. The van der Waals surface area contributed by atoms with E-state index in [4.69, 9.17) is 13.5 Å². The molecule has 4 rings (SSSR count). The summed E-state index contributed by atoms with van der Waals surface area (Å²) in [6.45, 7) is 2.77. The number of likely N-dealkylation sites (N-methyl/N-ethyl adjacent to an activating group) is 1. The molecular weight excluding hydrogens is 312 g/mol. The van der Waals surface area contributed by atoms with Gasteiger partial charge in [0.25, 0.3) is 0 Å². The molecule has 3 aromatic rings. The molecule has 1 N–H and O–H groups in total. The Hall–Kier alpha value is -2.52. The first kappa shape index (κ1) is 15.0. The molecule has 1 unspecified atom stereocenters. The molecule has 1 saturated heterocycles. The lowest BCUT2D eigenvalue weighted by atomic mass is 10.2. The van der Waals surface area contributed by atoms with Gasteiger partial charge in [0.2, 0.25) is 17.6 Å². The number of aryl methyl sites for hydroxylation is 2. The minimum Gasteiger partial charge on any atom is -0.461 e. The van der Waals surface area contributed by atoms with Crippen molar-refractivity contribution in [1.82, 2.24) is 30.5 Å². The quantitative estimate of drug-likeness (QED) is 0.735. The van der Waals surface area contributed by atoms with E-state index in [0.29, 0.717) is 42.0 Å². The predicted octanol–water partition coefficient (Wildman–Crippen LogP) is 1.07. The lowest BCUT2D eigenvalue weighted by Gasteiger charge is -2.30. The van der Waals surface area contributed by atoms with E-state index in [1.54, 1.807) is 18.4 Å². The molecule has 4 heterocycles. The monoisotopic (exact) mass is 330 g/mol. The number of aromatic nitrogens is 4. The number of hydrogen-bond donors (Lipinski definition) is 1. The lowest BCUT2D eigenvalue weighted by molar-refractivity contribution is 0.190. The van der Waals surface area contributed by atoms with Gasteiger partial charge in [0.05, 0.1) is 12.3 Å². The summed E-state index contributed by atoms with van der Waals surface area (Å²) < 4.78 is 15.8. The maximum absolute atomic E-state index is 5.34. The number of nitrogens with zero attached hydrogens (tertiary/aromatic N) is 5. The van der Waals surface area contributed by atoms with Crippen molar-refractivity contribution in [2.75, 3.05) is 26.7 Å². The molecule has 0 aromatic carbocycles. The van der Waals surface area contributed by atoms with Gasteiger partial charge in [-0.05, 0) is 19.2 Å². The van der Waals surface area contributed by atoms with Crippen LogP contribution in [0.15, 0.2) is 31.9 Å². The molecule has 9 nitrogen and oxygen atoms in total. The summed E-state index contributed by atoms with van der Waals surface area (Å²) in [6, 6.07) is 3.71. The SMILES string of the molecule is CN1CCNCC1c1noc(CCc2nc(-c3ccco3)no2)n1. The van der Waals surface area contributed by atoms with Gasteiger partial charge in [-0.1, -0.05) is 10.3 Å². The number of furan rings is 1. The molecule has 0 aliphatic carbocycles. The van der Waals surface area contributed by atoms with Crippen LogP contribution in [0.1, 0.15) is 23.6 Å². The van der Waals surface area contributed by atoms with Gasteiger partial charge in [-0.15, -0.1) is 0 Å². The van der Waals surface area contributed by atoms with Crippen molar-refractivity contribution < 1.29 is 13.5 Å². The second-order valence-electron chi connectivity index (χ2n) is 5.74. The summed E-state index contributed by atoms with van der Waals surface area (Å²) >= 11 is 0. The zero-order valence-corrected chi connectivity index (χ0v) is 13.3. The van der Waals surface area contributed by atoms with Crippen LogP contribution in [0.25, 0.3) is 11.6 Å². The number of rotatable bonds is 5. The molecule has 3 aromatic heterocycles. The average molecular weight is 330 g/mol. The summed E-state index contributed by atoms with van der Waals surface area (Å²) in [5.74, 6) is 2.81. The second kappa shape index (κ2) is 6.54. The molecule has 24 heavy (non-hydrogen) atoms. The first-order valence-corrected chi connectivity index (χ1v) is 7.89. The smallest absolute Gasteiger partial charge is 0.238 e. The zero-order chi connectivity index (χ0) is 16.4. The highest BCUT2D eigenvalue weighted by Gasteiger charge is 2.25. The molecule has 0 amide bonds. The van der Waals surface area contributed by atoms with Gasteiger partial charge in [-0.3, -0.25) is 4.90 Å². The molecule has 1 atom stereocenters. The average Bonchev–Trinajstić information content (AvgIpc) is 3.34. The fraction of sp³-hybridized carbons (Fsp3) is 0.467. The van der Waals surface area contributed by atoms with Gasteiger partial charge in [-0.25, -0.2) is 0 Å². The van der Waals surface area contributed by atoms with Gasteiger partial charge in [0, 0.05) is 32.5 Å². The third-order valence-electron chi connectivity index (χ3n) is 4.06. The summed E-state index contributed by atoms with van der Waals surface area (Å²) in [6.07, 6.45) is 2.66. The fourth-order valence-corrected chi connectivity index (χ4v) is 2.68. The lowest BCUT2D eigenvalue weighted by Crippen LogP contribution is -2.44. The topological polar surface area (TPSA) is 106 Å². The molecule has 1 fully saturated rings. The van der Waals surface area contributed by atoms with Crippen LogP contribution in [0.2, 0.25) is 0 Å². The van der Waals surface area contributed by atoms with Crippen LogP contribution in [-0.2, 0) is 12.8 Å². The highest BCUT2D eigenvalue weighted by Crippen LogP contribution is 2.19. The Morgan fingerprint density at radius 3 is 2.83 bits per heavy atom. The molecule has 1 aliphatic heterocycles. The Bertz CT molecular complexity index is 781. The van der Waals surface area contributed by atoms with E-state index in [1.165, 1.54) is 0 Å². The van der Waals surface area contributed by atoms with Crippen LogP contribution < -0.4 is 5.32 Å². The number of nitrogens with one attached hydrogen (secondary N) is 1. The van der Waals surface area contributed by atoms with E-state index in [-0.39, 0.29) is 6.04 Å². The van der Waals surface area contributed by atoms with Gasteiger partial charge < -0.3 is 18.8 Å². The van der Waals surface area contributed by atoms with E-state index in [2.05, 4.69) is 37.5 Å². The number of piperazine rings is 1. The molecule has 0 spiro atoms. The Kier molecular flexibility index (Phi) is 4.09. The third-order valence-corrected chi connectivity index (χ3v) is 4.06. The fourth-order valence-electron chi connectivity index (χ4n) is 2.68. The van der Waals surface area contributed by atoms with Crippen LogP contribution in [0, 0.1) is 0 Å². The highest BCUT2D eigenvalue weighted by atomic mass is 16.5. The molecular formula is C15H18N6O3. The van der Waals surface area contributed by atoms with Crippen molar-refractivity contribution in [3.8, 4) is 11.6 Å². The molecule has 9 heteroatoms. The molecule has 0 saturated carbocycles. The summed E-state index contributed by atoms with van der Waals surface area (Å²) in [7, 11) is 2.07. The second-order valence-corrected chi connectivity index (χ2v) is 5.74. The van der Waals surface area contributed by atoms with E-state index in [1.807, 2.05) is 0 Å². The Morgan fingerprint density at radius 2 is 2.04 bits per heavy atom. The molecule has 0 bridgehead atoms. The van der Waals surface area contributed by atoms with Crippen LogP contribution in [-0.4, -0.2) is 51.9 Å². The maximum atomic E-state index is 5.34. The minimum atomic E-state index is 0.144. The molecule has 1 aliphatic rings. The van der Waals surface area contributed by atoms with Gasteiger partial charge in [-0.2, -0.15) is 9.97 Å². The maximum Gasteiger partial charge on any atom is 0.238 e. The van der Waals surface area contributed by atoms with E-state index < -0.39 is 0 Å². The van der Waals surface area contributed by atoms with Crippen molar-refractivity contribution in [3.05, 3.63) is 36.0 Å². The third kappa shape index (κ3) is 3.08. The minimum absolute atomic E-state index is 0.144. The van der Waals surface area contributed by atoms with Crippen molar-refractivity contribution >= 4 is 0 Å². The number of hydrogen-bond acceptors (Lipinski definition) is 9. The zero-order valence-electron chi connectivity index (χ0n) is 13.3. The van der Waals surface area contributed by atoms with Gasteiger partial charge in [0.1, 0.15) is 0 Å². The van der Waals surface area contributed by atoms with Crippen LogP contribution in [0.5, 0.6) is 0 Å². The van der Waals surface area contributed by atoms with Crippen molar-refractivity contribution in [1.29, 1.82) is 0 Å². The first-order chi connectivity index (χ1) is 11.8. The summed E-state index contributed by atoms with van der Waals surface area (Å²) in [5.41, 5.74) is 0. The van der Waals surface area contributed by atoms with Crippen molar-refractivity contribution in [2.24, 2.45) is 0 Å². The Balaban J connectivity index is 1.38. The molecule has 0 radical (unpaired) electrons. The van der Waals surface area contributed by atoms with Crippen LogP contribution in [0.4, 0.5) is 0 Å². The first-order valence-electron chi connectivity index (χ1n) is 7.89. The van der Waals surface area contributed by atoms with Gasteiger partial charge in [0.15, 0.2) is 11.6 Å². The molecule has 126 valence electrons.